The molecule has 140 valence electrons. The van der Waals surface area contributed by atoms with Crippen molar-refractivity contribution in [2.45, 2.75) is 38.4 Å². The zero-order chi connectivity index (χ0) is 18.4. The maximum Gasteiger partial charge on any atom is 0.317 e. The van der Waals surface area contributed by atoms with Crippen LogP contribution in [0.25, 0.3) is 0 Å². The molecule has 3 rings (SSSR count). The Bertz CT molecular complexity index is 705. The molecular weight excluding hydrogens is 332 g/mol. The van der Waals surface area contributed by atoms with Gasteiger partial charge in [0.05, 0.1) is 19.1 Å². The number of furan rings is 1. The van der Waals surface area contributed by atoms with Gasteiger partial charge in [-0.2, -0.15) is 0 Å². The quantitative estimate of drug-likeness (QED) is 0.846. The summed E-state index contributed by atoms with van der Waals surface area (Å²) < 4.78 is 5.02. The molecule has 3 heterocycles. The van der Waals surface area contributed by atoms with Gasteiger partial charge in [0.1, 0.15) is 11.6 Å². The van der Waals surface area contributed by atoms with E-state index in [2.05, 4.69) is 27.2 Å². The van der Waals surface area contributed by atoms with Crippen LogP contribution in [0.1, 0.15) is 30.7 Å². The van der Waals surface area contributed by atoms with E-state index >= 15 is 0 Å². The van der Waals surface area contributed by atoms with Crippen molar-refractivity contribution in [3.8, 4) is 0 Å². The molecule has 0 spiro atoms. The Labute approximate surface area is 153 Å². The van der Waals surface area contributed by atoms with Crippen molar-refractivity contribution in [1.82, 2.24) is 25.1 Å². The van der Waals surface area contributed by atoms with Crippen molar-refractivity contribution >= 4 is 11.8 Å². The zero-order valence-electron chi connectivity index (χ0n) is 15.1. The molecular formula is C18H26N6O2. The number of carbonyl (C=O) groups excluding carboxylic acids is 1. The predicted octanol–water partition coefficient (Wildman–Crippen LogP) is 1.85. The molecule has 2 amide bonds. The fourth-order valence-electron chi connectivity index (χ4n) is 3.25. The van der Waals surface area contributed by atoms with Crippen LogP contribution >= 0.6 is 0 Å². The summed E-state index contributed by atoms with van der Waals surface area (Å²) in [5.74, 6) is 1.22. The van der Waals surface area contributed by atoms with Crippen molar-refractivity contribution in [3.63, 3.8) is 0 Å². The van der Waals surface area contributed by atoms with E-state index < -0.39 is 0 Å². The molecule has 1 fully saturated rings. The average Bonchev–Trinajstić information content (AvgIpc) is 3.02. The zero-order valence-corrected chi connectivity index (χ0v) is 15.1. The lowest BCUT2D eigenvalue weighted by Gasteiger charge is -2.26. The highest BCUT2D eigenvalue weighted by atomic mass is 16.3. The summed E-state index contributed by atoms with van der Waals surface area (Å²) in [6, 6.07) is 3.92. The van der Waals surface area contributed by atoms with Crippen molar-refractivity contribution < 1.29 is 9.21 Å². The van der Waals surface area contributed by atoms with E-state index in [1.807, 2.05) is 11.0 Å². The van der Waals surface area contributed by atoms with Crippen LogP contribution in [0.5, 0.6) is 0 Å². The molecule has 8 heteroatoms. The van der Waals surface area contributed by atoms with Crippen LogP contribution < -0.4 is 11.1 Å². The summed E-state index contributed by atoms with van der Waals surface area (Å²) in [7, 11) is 2.08. The largest absolute Gasteiger partial charge is 0.472 e. The number of nitrogen functional groups attached to an aromatic ring is 1. The third-order valence-corrected chi connectivity index (χ3v) is 4.75. The Kier molecular flexibility index (Phi) is 6.06. The van der Waals surface area contributed by atoms with Gasteiger partial charge in [-0.3, -0.25) is 4.90 Å². The number of carbonyl (C=O) groups is 1. The third-order valence-electron chi connectivity index (χ3n) is 4.75. The lowest BCUT2D eigenvalue weighted by atomic mass is 10.1. The molecule has 0 saturated carbocycles. The number of aromatic nitrogens is 2. The summed E-state index contributed by atoms with van der Waals surface area (Å²) in [5.41, 5.74) is 6.69. The first-order valence-electron chi connectivity index (χ1n) is 8.93. The smallest absolute Gasteiger partial charge is 0.317 e. The van der Waals surface area contributed by atoms with Crippen LogP contribution in [0.3, 0.4) is 0 Å². The summed E-state index contributed by atoms with van der Waals surface area (Å²) in [5, 5.41) is 2.95. The molecule has 0 aliphatic carbocycles. The van der Waals surface area contributed by atoms with Gasteiger partial charge in [0.2, 0.25) is 0 Å². The predicted molar refractivity (Wildman–Crippen MR) is 98.1 cm³/mol. The minimum absolute atomic E-state index is 0.0198. The van der Waals surface area contributed by atoms with E-state index in [-0.39, 0.29) is 6.03 Å². The minimum Gasteiger partial charge on any atom is -0.472 e. The normalized spacial score (nSPS) is 17.9. The number of urea groups is 1. The van der Waals surface area contributed by atoms with Gasteiger partial charge in [-0.05, 0) is 38.4 Å². The number of nitrogens with one attached hydrogen (secondary N) is 1. The second-order valence-corrected chi connectivity index (χ2v) is 6.67. The molecule has 1 atom stereocenters. The van der Waals surface area contributed by atoms with E-state index in [0.29, 0.717) is 24.9 Å². The molecule has 3 N–H and O–H groups in total. The van der Waals surface area contributed by atoms with Gasteiger partial charge in [0.25, 0.3) is 0 Å². The molecule has 1 unspecified atom stereocenters. The Morgan fingerprint density at radius 2 is 2.31 bits per heavy atom. The summed E-state index contributed by atoms with van der Waals surface area (Å²) in [6.45, 7) is 2.66. The van der Waals surface area contributed by atoms with Crippen LogP contribution in [0.15, 0.2) is 35.3 Å². The minimum atomic E-state index is -0.0198. The summed E-state index contributed by atoms with van der Waals surface area (Å²) in [4.78, 5) is 25.1. The van der Waals surface area contributed by atoms with Gasteiger partial charge >= 0.3 is 6.03 Å². The van der Waals surface area contributed by atoms with E-state index in [1.165, 1.54) is 0 Å². The summed E-state index contributed by atoms with van der Waals surface area (Å²) in [6.07, 6.45) is 7.89. The molecule has 1 aliphatic rings. The molecule has 2 aromatic heterocycles. The number of amides is 2. The Hall–Kier alpha value is -2.61. The fourth-order valence-corrected chi connectivity index (χ4v) is 3.25. The van der Waals surface area contributed by atoms with Crippen molar-refractivity contribution in [3.05, 3.63) is 42.2 Å². The van der Waals surface area contributed by atoms with Gasteiger partial charge < -0.3 is 20.4 Å². The lowest BCUT2D eigenvalue weighted by Crippen LogP contribution is -2.40. The van der Waals surface area contributed by atoms with Crippen LogP contribution in [0.2, 0.25) is 0 Å². The number of hydrogen-bond acceptors (Lipinski definition) is 6. The number of rotatable bonds is 5. The van der Waals surface area contributed by atoms with Crippen molar-refractivity contribution in [1.29, 1.82) is 0 Å². The monoisotopic (exact) mass is 358 g/mol. The molecule has 0 aromatic carbocycles. The maximum absolute atomic E-state index is 12.4. The molecule has 1 aliphatic heterocycles. The highest BCUT2D eigenvalue weighted by Gasteiger charge is 2.23. The van der Waals surface area contributed by atoms with Crippen LogP contribution in [-0.4, -0.2) is 52.0 Å². The highest BCUT2D eigenvalue weighted by molar-refractivity contribution is 5.74. The molecule has 1 saturated heterocycles. The number of nitrogens with two attached hydrogens (primary N) is 1. The first kappa shape index (κ1) is 18.2. The Balaban J connectivity index is 1.48. The van der Waals surface area contributed by atoms with E-state index in [4.69, 9.17) is 10.2 Å². The van der Waals surface area contributed by atoms with Crippen LogP contribution in [-0.2, 0) is 13.1 Å². The van der Waals surface area contributed by atoms with Gasteiger partial charge in [-0.1, -0.05) is 0 Å². The molecule has 8 nitrogen and oxygen atoms in total. The van der Waals surface area contributed by atoms with E-state index in [9.17, 15) is 4.79 Å². The first-order valence-corrected chi connectivity index (χ1v) is 8.93. The molecule has 0 radical (unpaired) electrons. The molecule has 2 aromatic rings. The van der Waals surface area contributed by atoms with E-state index in [0.717, 1.165) is 43.7 Å². The Morgan fingerprint density at radius 3 is 3.08 bits per heavy atom. The Morgan fingerprint density at radius 1 is 1.42 bits per heavy atom. The number of likely N-dealkylation sites (tertiary alicyclic amines) is 1. The number of anilines is 1. The second-order valence-electron chi connectivity index (χ2n) is 6.67. The standard InChI is InChI=1S/C18H26N6O2/c1-23(12-17-20-7-4-16(19)22-17)15-3-2-8-24(9-5-15)18(25)21-11-14-6-10-26-13-14/h4,6-7,10,13,15H,2-3,5,8-9,11-12H2,1H3,(H,21,25)(H2,19,20,22). The van der Waals surface area contributed by atoms with Gasteiger partial charge in [0, 0.05) is 37.4 Å². The van der Waals surface area contributed by atoms with Crippen molar-refractivity contribution in [2.24, 2.45) is 0 Å². The lowest BCUT2D eigenvalue weighted by molar-refractivity contribution is 0.190. The van der Waals surface area contributed by atoms with E-state index in [1.54, 1.807) is 24.8 Å². The van der Waals surface area contributed by atoms with Crippen LogP contribution in [0, 0.1) is 0 Å². The SMILES string of the molecule is CN(Cc1nccc(N)n1)C1CCCN(C(=O)NCc2ccoc2)CC1. The second kappa shape index (κ2) is 8.66. The third kappa shape index (κ3) is 4.95. The topological polar surface area (TPSA) is 101 Å². The van der Waals surface area contributed by atoms with Gasteiger partial charge in [0.15, 0.2) is 0 Å². The first-order chi connectivity index (χ1) is 12.6. The van der Waals surface area contributed by atoms with Crippen LogP contribution in [0.4, 0.5) is 10.6 Å². The number of hydrogen-bond donors (Lipinski definition) is 2. The van der Waals surface area contributed by atoms with Gasteiger partial charge in [-0.15, -0.1) is 0 Å². The van der Waals surface area contributed by atoms with Gasteiger partial charge in [-0.25, -0.2) is 14.8 Å². The number of nitrogens with zero attached hydrogens (tertiary/aromatic N) is 4. The molecule has 26 heavy (non-hydrogen) atoms. The maximum atomic E-state index is 12.4. The summed E-state index contributed by atoms with van der Waals surface area (Å²) >= 11 is 0. The fraction of sp³-hybridized carbons (Fsp3) is 0.500. The van der Waals surface area contributed by atoms with Crippen molar-refractivity contribution in [2.75, 3.05) is 25.9 Å². The molecule has 0 bridgehead atoms. The highest BCUT2D eigenvalue weighted by Crippen LogP contribution is 2.17. The average molecular weight is 358 g/mol.